The molecular weight excluding hydrogens is 367 g/mol. The molecule has 19 heavy (non-hydrogen) atoms. The van der Waals surface area contributed by atoms with Crippen molar-refractivity contribution in [3.63, 3.8) is 0 Å². The van der Waals surface area contributed by atoms with Gasteiger partial charge in [0, 0.05) is 15.1 Å². The SMILES string of the molecule is OC(CSc1ccc(Br)cc1)c1ccc(Cl)c(Cl)c1. The van der Waals surface area contributed by atoms with Gasteiger partial charge in [-0.25, -0.2) is 0 Å². The van der Waals surface area contributed by atoms with E-state index in [9.17, 15) is 5.11 Å². The maximum absolute atomic E-state index is 10.1. The van der Waals surface area contributed by atoms with Gasteiger partial charge in [0.05, 0.1) is 16.1 Å². The molecule has 0 saturated carbocycles. The highest BCUT2D eigenvalue weighted by molar-refractivity contribution is 9.10. The van der Waals surface area contributed by atoms with Crippen molar-refractivity contribution < 1.29 is 5.11 Å². The summed E-state index contributed by atoms with van der Waals surface area (Å²) < 4.78 is 1.04. The van der Waals surface area contributed by atoms with Gasteiger partial charge in [0.25, 0.3) is 0 Å². The maximum atomic E-state index is 10.1. The fourth-order valence-corrected chi connectivity index (χ4v) is 2.96. The highest BCUT2D eigenvalue weighted by atomic mass is 79.9. The number of hydrogen-bond donors (Lipinski definition) is 1. The van der Waals surface area contributed by atoms with Gasteiger partial charge < -0.3 is 5.11 Å². The molecule has 0 fully saturated rings. The lowest BCUT2D eigenvalue weighted by molar-refractivity contribution is 0.204. The molecule has 1 nitrogen and oxygen atoms in total. The zero-order valence-corrected chi connectivity index (χ0v) is 13.7. The molecule has 100 valence electrons. The Morgan fingerprint density at radius 3 is 2.37 bits per heavy atom. The summed E-state index contributed by atoms with van der Waals surface area (Å²) in [6, 6.07) is 13.2. The van der Waals surface area contributed by atoms with Crippen molar-refractivity contribution in [3.05, 3.63) is 62.5 Å². The van der Waals surface area contributed by atoms with Crippen LogP contribution in [0.3, 0.4) is 0 Å². The van der Waals surface area contributed by atoms with Gasteiger partial charge in [-0.1, -0.05) is 45.2 Å². The zero-order chi connectivity index (χ0) is 13.8. The molecule has 1 atom stereocenters. The van der Waals surface area contributed by atoms with Crippen molar-refractivity contribution in [1.29, 1.82) is 0 Å². The lowest BCUT2D eigenvalue weighted by Crippen LogP contribution is -2.00. The van der Waals surface area contributed by atoms with Crippen LogP contribution < -0.4 is 0 Å². The van der Waals surface area contributed by atoms with Crippen LogP contribution in [0.4, 0.5) is 0 Å². The Hall–Kier alpha value is -0.190. The Morgan fingerprint density at radius 1 is 1.05 bits per heavy atom. The third-order valence-electron chi connectivity index (χ3n) is 2.55. The van der Waals surface area contributed by atoms with Crippen molar-refractivity contribution in [2.75, 3.05) is 5.75 Å². The minimum Gasteiger partial charge on any atom is -0.388 e. The summed E-state index contributed by atoms with van der Waals surface area (Å²) >= 11 is 16.8. The van der Waals surface area contributed by atoms with E-state index in [-0.39, 0.29) is 0 Å². The van der Waals surface area contributed by atoms with E-state index in [4.69, 9.17) is 23.2 Å². The maximum Gasteiger partial charge on any atom is 0.0884 e. The summed E-state index contributed by atoms with van der Waals surface area (Å²) in [7, 11) is 0. The molecule has 5 heteroatoms. The summed E-state index contributed by atoms with van der Waals surface area (Å²) in [6.07, 6.45) is -0.566. The Labute approximate surface area is 135 Å². The second kappa shape index (κ2) is 7.00. The number of rotatable bonds is 4. The third-order valence-corrected chi connectivity index (χ3v) is 4.91. The summed E-state index contributed by atoms with van der Waals surface area (Å²) in [4.78, 5) is 1.11. The predicted octanol–water partition coefficient (Wildman–Crippen LogP) is 5.58. The summed E-state index contributed by atoms with van der Waals surface area (Å²) in [5.74, 6) is 0.569. The first-order valence-electron chi connectivity index (χ1n) is 5.57. The highest BCUT2D eigenvalue weighted by Crippen LogP contribution is 2.29. The summed E-state index contributed by atoms with van der Waals surface area (Å²) in [5.41, 5.74) is 0.777. The van der Waals surface area contributed by atoms with Crippen LogP contribution >= 0.6 is 50.9 Å². The van der Waals surface area contributed by atoms with Crippen molar-refractivity contribution >= 4 is 50.9 Å². The highest BCUT2D eigenvalue weighted by Gasteiger charge is 2.10. The Balaban J connectivity index is 1.98. The third kappa shape index (κ3) is 4.40. The molecule has 0 bridgehead atoms. The van der Waals surface area contributed by atoms with Crippen LogP contribution in [-0.2, 0) is 0 Å². The molecule has 2 aromatic carbocycles. The van der Waals surface area contributed by atoms with Crippen LogP contribution in [0, 0.1) is 0 Å². The number of benzene rings is 2. The second-order valence-electron chi connectivity index (χ2n) is 3.95. The van der Waals surface area contributed by atoms with Gasteiger partial charge in [-0.05, 0) is 42.0 Å². The molecule has 0 aromatic heterocycles. The van der Waals surface area contributed by atoms with E-state index < -0.39 is 6.10 Å². The van der Waals surface area contributed by atoms with Crippen molar-refractivity contribution in [2.24, 2.45) is 0 Å². The van der Waals surface area contributed by atoms with E-state index in [0.29, 0.717) is 15.8 Å². The number of halogens is 3. The first-order chi connectivity index (χ1) is 9.06. The fourth-order valence-electron chi connectivity index (χ4n) is 1.52. The average Bonchev–Trinajstić information content (AvgIpc) is 2.41. The van der Waals surface area contributed by atoms with Crippen LogP contribution in [0.2, 0.25) is 10.0 Å². The molecule has 2 rings (SSSR count). The topological polar surface area (TPSA) is 20.2 Å². The molecule has 0 saturated heterocycles. The number of aliphatic hydroxyl groups excluding tert-OH is 1. The fraction of sp³-hybridized carbons (Fsp3) is 0.143. The largest absolute Gasteiger partial charge is 0.388 e. The second-order valence-corrected chi connectivity index (χ2v) is 6.78. The monoisotopic (exact) mass is 376 g/mol. The zero-order valence-electron chi connectivity index (χ0n) is 9.82. The number of hydrogen-bond acceptors (Lipinski definition) is 2. The molecule has 0 heterocycles. The molecule has 0 aliphatic heterocycles. The van der Waals surface area contributed by atoms with Crippen LogP contribution in [-0.4, -0.2) is 10.9 Å². The smallest absolute Gasteiger partial charge is 0.0884 e. The molecule has 1 unspecified atom stereocenters. The first kappa shape index (κ1) is 15.2. The van der Waals surface area contributed by atoms with Gasteiger partial charge in [0.15, 0.2) is 0 Å². The minimum atomic E-state index is -0.566. The van der Waals surface area contributed by atoms with Crippen LogP contribution in [0.25, 0.3) is 0 Å². The molecular formula is C14H11BrCl2OS. The van der Waals surface area contributed by atoms with E-state index in [1.165, 1.54) is 0 Å². The van der Waals surface area contributed by atoms with E-state index >= 15 is 0 Å². The van der Waals surface area contributed by atoms with Crippen LogP contribution in [0.5, 0.6) is 0 Å². The summed E-state index contributed by atoms with van der Waals surface area (Å²) in [6.45, 7) is 0. The van der Waals surface area contributed by atoms with Gasteiger partial charge in [-0.2, -0.15) is 0 Å². The normalized spacial score (nSPS) is 12.4. The molecule has 0 radical (unpaired) electrons. The lowest BCUT2D eigenvalue weighted by Gasteiger charge is -2.11. The molecule has 0 amide bonds. The van der Waals surface area contributed by atoms with E-state index in [0.717, 1.165) is 14.9 Å². The molecule has 1 N–H and O–H groups in total. The number of aliphatic hydroxyl groups is 1. The van der Waals surface area contributed by atoms with Crippen LogP contribution in [0.1, 0.15) is 11.7 Å². The van der Waals surface area contributed by atoms with Crippen molar-refractivity contribution in [2.45, 2.75) is 11.0 Å². The van der Waals surface area contributed by atoms with Gasteiger partial charge in [0.2, 0.25) is 0 Å². The first-order valence-corrected chi connectivity index (χ1v) is 8.11. The lowest BCUT2D eigenvalue weighted by atomic mass is 10.1. The summed E-state index contributed by atoms with van der Waals surface area (Å²) in [5, 5.41) is 11.1. The van der Waals surface area contributed by atoms with E-state index in [1.807, 2.05) is 24.3 Å². The molecule has 0 aliphatic carbocycles. The predicted molar refractivity (Wildman–Crippen MR) is 86.3 cm³/mol. The molecule has 0 spiro atoms. The molecule has 2 aromatic rings. The van der Waals surface area contributed by atoms with E-state index in [1.54, 1.807) is 30.0 Å². The van der Waals surface area contributed by atoms with Gasteiger partial charge in [0.1, 0.15) is 0 Å². The molecule has 0 aliphatic rings. The standard InChI is InChI=1S/C14H11BrCl2OS/c15-10-2-4-11(5-3-10)19-8-14(18)9-1-6-12(16)13(17)7-9/h1-7,14,18H,8H2. The van der Waals surface area contributed by atoms with Gasteiger partial charge >= 0.3 is 0 Å². The Morgan fingerprint density at radius 2 is 1.74 bits per heavy atom. The van der Waals surface area contributed by atoms with Crippen molar-refractivity contribution in [1.82, 2.24) is 0 Å². The number of thioether (sulfide) groups is 1. The Kier molecular flexibility index (Phi) is 5.60. The van der Waals surface area contributed by atoms with Crippen molar-refractivity contribution in [3.8, 4) is 0 Å². The minimum absolute atomic E-state index is 0.465. The van der Waals surface area contributed by atoms with Gasteiger partial charge in [-0.15, -0.1) is 11.8 Å². The average molecular weight is 378 g/mol. The quantitative estimate of drug-likeness (QED) is 0.701. The van der Waals surface area contributed by atoms with E-state index in [2.05, 4.69) is 15.9 Å². The Bertz CT molecular complexity index is 560. The van der Waals surface area contributed by atoms with Crippen LogP contribution in [0.15, 0.2) is 51.8 Å². The van der Waals surface area contributed by atoms with Gasteiger partial charge in [-0.3, -0.25) is 0 Å².